The van der Waals surface area contributed by atoms with E-state index in [1.165, 1.54) is 6.92 Å². The molecule has 0 aromatic carbocycles. The molecule has 0 aliphatic carbocycles. The second-order valence-corrected chi connectivity index (χ2v) is 7.92. The molecule has 0 radical (unpaired) electrons. The van der Waals surface area contributed by atoms with E-state index in [9.17, 15) is 29.1 Å². The third-order valence-corrected chi connectivity index (χ3v) is 4.64. The molecule has 5 atom stereocenters. The summed E-state index contributed by atoms with van der Waals surface area (Å²) in [7, 11) is 0. The summed E-state index contributed by atoms with van der Waals surface area (Å²) in [4.78, 5) is 60.2. The van der Waals surface area contributed by atoms with E-state index in [1.54, 1.807) is 13.8 Å². The van der Waals surface area contributed by atoms with Gasteiger partial charge in [0.25, 0.3) is 0 Å². The Bertz CT molecular complexity index is 671. The van der Waals surface area contributed by atoms with Crippen molar-refractivity contribution >= 4 is 29.6 Å². The first-order chi connectivity index (χ1) is 14.8. The first-order valence-corrected chi connectivity index (χ1v) is 10.4. The lowest BCUT2D eigenvalue weighted by Gasteiger charge is -2.27. The standard InChI is InChI=1S/C19H36N6O7/c1-9(2)14(18(30)25-15(10(3)26)19(31)32)24-17(29)12(8-13(22)27)23-16(28)11(21)6-4-5-7-20/h9-12,14-15,26H,4-8,20-21H2,1-3H3,(H2,22,27)(H,23,28)(H,24,29)(H,25,30)(H,31,32). The molecule has 0 aliphatic rings. The van der Waals surface area contributed by atoms with Gasteiger partial charge >= 0.3 is 5.97 Å². The minimum absolute atomic E-state index is 0.320. The monoisotopic (exact) mass is 460 g/mol. The van der Waals surface area contributed by atoms with Crippen LogP contribution in [0.4, 0.5) is 0 Å². The van der Waals surface area contributed by atoms with Crippen LogP contribution in [0.1, 0.15) is 46.5 Å². The van der Waals surface area contributed by atoms with E-state index in [0.717, 1.165) is 0 Å². The Morgan fingerprint density at radius 3 is 1.88 bits per heavy atom. The van der Waals surface area contributed by atoms with Gasteiger partial charge in [-0.15, -0.1) is 0 Å². The number of hydrogen-bond acceptors (Lipinski definition) is 8. The molecule has 11 N–H and O–H groups in total. The number of nitrogens with one attached hydrogen (secondary N) is 3. The summed E-state index contributed by atoms with van der Waals surface area (Å²) in [5.41, 5.74) is 16.4. The van der Waals surface area contributed by atoms with E-state index < -0.39 is 72.2 Å². The topological polar surface area (TPSA) is 240 Å². The lowest BCUT2D eigenvalue weighted by atomic mass is 10.0. The number of aliphatic hydroxyl groups is 1. The average molecular weight is 461 g/mol. The van der Waals surface area contributed by atoms with Crippen LogP contribution in [0.2, 0.25) is 0 Å². The molecule has 0 aliphatic heterocycles. The van der Waals surface area contributed by atoms with E-state index in [-0.39, 0.29) is 0 Å². The molecule has 4 amide bonds. The maximum atomic E-state index is 12.7. The van der Waals surface area contributed by atoms with Crippen molar-refractivity contribution in [3.05, 3.63) is 0 Å². The largest absolute Gasteiger partial charge is 0.480 e. The molecule has 13 nitrogen and oxygen atoms in total. The van der Waals surface area contributed by atoms with Crippen LogP contribution in [0.5, 0.6) is 0 Å². The molecule has 0 aromatic heterocycles. The average Bonchev–Trinajstić information content (AvgIpc) is 2.68. The summed E-state index contributed by atoms with van der Waals surface area (Å²) < 4.78 is 0. The highest BCUT2D eigenvalue weighted by Crippen LogP contribution is 2.06. The molecular weight excluding hydrogens is 424 g/mol. The number of unbranched alkanes of at least 4 members (excludes halogenated alkanes) is 1. The van der Waals surface area contributed by atoms with Crippen LogP contribution in [0.25, 0.3) is 0 Å². The zero-order valence-corrected chi connectivity index (χ0v) is 18.7. The van der Waals surface area contributed by atoms with Gasteiger partial charge in [-0.1, -0.05) is 20.3 Å². The summed E-state index contributed by atoms with van der Waals surface area (Å²) in [6, 6.07) is -5.13. The maximum absolute atomic E-state index is 12.7. The molecule has 5 unspecified atom stereocenters. The van der Waals surface area contributed by atoms with Gasteiger partial charge in [0.1, 0.15) is 12.1 Å². The number of nitrogens with two attached hydrogens (primary N) is 3. The van der Waals surface area contributed by atoms with Crippen molar-refractivity contribution in [2.45, 2.75) is 76.7 Å². The van der Waals surface area contributed by atoms with Crippen LogP contribution < -0.4 is 33.2 Å². The minimum Gasteiger partial charge on any atom is -0.480 e. The Morgan fingerprint density at radius 1 is 0.875 bits per heavy atom. The van der Waals surface area contributed by atoms with Crippen molar-refractivity contribution in [1.29, 1.82) is 0 Å². The van der Waals surface area contributed by atoms with Crippen molar-refractivity contribution in [3.63, 3.8) is 0 Å². The number of carboxylic acids is 1. The first-order valence-electron chi connectivity index (χ1n) is 10.4. The minimum atomic E-state index is -1.59. The van der Waals surface area contributed by atoms with Gasteiger partial charge in [0, 0.05) is 0 Å². The van der Waals surface area contributed by atoms with E-state index in [4.69, 9.17) is 22.3 Å². The van der Waals surface area contributed by atoms with E-state index in [2.05, 4.69) is 16.0 Å². The number of hydrogen-bond donors (Lipinski definition) is 8. The fourth-order valence-corrected chi connectivity index (χ4v) is 2.75. The second-order valence-electron chi connectivity index (χ2n) is 7.92. The normalized spacial score (nSPS) is 15.7. The van der Waals surface area contributed by atoms with Crippen molar-refractivity contribution in [1.82, 2.24) is 16.0 Å². The highest BCUT2D eigenvalue weighted by atomic mass is 16.4. The van der Waals surface area contributed by atoms with Gasteiger partial charge in [-0.3, -0.25) is 19.2 Å². The molecule has 0 saturated carbocycles. The number of aliphatic hydroxyl groups excluding tert-OH is 1. The second kappa shape index (κ2) is 14.3. The Kier molecular flexibility index (Phi) is 13.1. The molecule has 184 valence electrons. The van der Waals surface area contributed by atoms with Crippen LogP contribution in [-0.2, 0) is 24.0 Å². The molecule has 0 saturated heterocycles. The molecule has 0 rings (SSSR count). The van der Waals surface area contributed by atoms with Crippen molar-refractivity contribution in [3.8, 4) is 0 Å². The van der Waals surface area contributed by atoms with Crippen LogP contribution in [0.15, 0.2) is 0 Å². The smallest absolute Gasteiger partial charge is 0.328 e. The fraction of sp³-hybridized carbons (Fsp3) is 0.737. The van der Waals surface area contributed by atoms with E-state index >= 15 is 0 Å². The number of carbonyl (C=O) groups excluding carboxylic acids is 4. The number of rotatable bonds is 15. The molecule has 0 fully saturated rings. The van der Waals surface area contributed by atoms with Crippen molar-refractivity contribution < 1.29 is 34.2 Å². The summed E-state index contributed by atoms with van der Waals surface area (Å²) in [5.74, 6) is -5.22. The molecule has 13 heteroatoms. The Balaban J connectivity index is 5.35. The predicted octanol–water partition coefficient (Wildman–Crippen LogP) is -3.11. The number of carboxylic acid groups (broad SMARTS) is 1. The molecular formula is C19H36N6O7. The van der Waals surface area contributed by atoms with Gasteiger partial charge in [0.05, 0.1) is 18.6 Å². The summed E-state index contributed by atoms with van der Waals surface area (Å²) in [6.07, 6.45) is -0.336. The summed E-state index contributed by atoms with van der Waals surface area (Å²) in [5, 5.41) is 25.6. The third kappa shape index (κ3) is 10.5. The van der Waals surface area contributed by atoms with Crippen molar-refractivity contribution in [2.75, 3.05) is 6.54 Å². The Hall–Kier alpha value is -2.77. The lowest BCUT2D eigenvalue weighted by Crippen LogP contribution is -2.60. The van der Waals surface area contributed by atoms with Crippen LogP contribution in [0.3, 0.4) is 0 Å². The van der Waals surface area contributed by atoms with Gasteiger partial charge in [0.15, 0.2) is 6.04 Å². The zero-order chi connectivity index (χ0) is 25.0. The lowest BCUT2D eigenvalue weighted by molar-refractivity contribution is -0.145. The highest BCUT2D eigenvalue weighted by molar-refractivity contribution is 5.96. The van der Waals surface area contributed by atoms with Crippen LogP contribution >= 0.6 is 0 Å². The van der Waals surface area contributed by atoms with E-state index in [0.29, 0.717) is 25.8 Å². The summed E-state index contributed by atoms with van der Waals surface area (Å²) in [6.45, 7) is 4.82. The molecule has 0 heterocycles. The highest BCUT2D eigenvalue weighted by Gasteiger charge is 2.33. The van der Waals surface area contributed by atoms with Crippen LogP contribution in [-0.4, -0.2) is 76.6 Å². The van der Waals surface area contributed by atoms with Gasteiger partial charge in [-0.25, -0.2) is 4.79 Å². The summed E-state index contributed by atoms with van der Waals surface area (Å²) >= 11 is 0. The van der Waals surface area contributed by atoms with Crippen LogP contribution in [0, 0.1) is 5.92 Å². The third-order valence-electron chi connectivity index (χ3n) is 4.64. The molecule has 0 aromatic rings. The SMILES string of the molecule is CC(C)C(NC(=O)C(CC(N)=O)NC(=O)C(N)CCCCN)C(=O)NC(C(=O)O)C(C)O. The first kappa shape index (κ1) is 29.2. The van der Waals surface area contributed by atoms with Gasteiger partial charge in [0.2, 0.25) is 23.6 Å². The molecule has 0 spiro atoms. The number of carbonyl (C=O) groups is 5. The Morgan fingerprint density at radius 2 is 1.44 bits per heavy atom. The fourth-order valence-electron chi connectivity index (χ4n) is 2.75. The van der Waals surface area contributed by atoms with E-state index in [1.807, 2.05) is 0 Å². The maximum Gasteiger partial charge on any atom is 0.328 e. The predicted molar refractivity (Wildman–Crippen MR) is 115 cm³/mol. The molecule has 0 bridgehead atoms. The number of amides is 4. The zero-order valence-electron chi connectivity index (χ0n) is 18.7. The van der Waals surface area contributed by atoms with Gasteiger partial charge in [-0.05, 0) is 32.2 Å². The molecule has 32 heavy (non-hydrogen) atoms. The quantitative estimate of drug-likeness (QED) is 0.115. The number of aliphatic carboxylic acids is 1. The van der Waals surface area contributed by atoms with Gasteiger partial charge in [-0.2, -0.15) is 0 Å². The van der Waals surface area contributed by atoms with Gasteiger partial charge < -0.3 is 43.4 Å². The Labute approximate surface area is 186 Å². The number of primary amides is 1. The van der Waals surface area contributed by atoms with Crippen molar-refractivity contribution in [2.24, 2.45) is 23.1 Å².